The summed E-state index contributed by atoms with van der Waals surface area (Å²) in [4.78, 5) is 8.75. The summed E-state index contributed by atoms with van der Waals surface area (Å²) in [5.41, 5.74) is 1.60. The lowest BCUT2D eigenvalue weighted by atomic mass is 10.2. The molecule has 0 saturated heterocycles. The zero-order valence-electron chi connectivity index (χ0n) is 13.4. The lowest BCUT2D eigenvalue weighted by Gasteiger charge is -2.08. The molecule has 0 unspecified atom stereocenters. The van der Waals surface area contributed by atoms with Crippen LogP contribution in [-0.2, 0) is 0 Å². The van der Waals surface area contributed by atoms with Crippen LogP contribution in [-0.4, -0.2) is 23.2 Å². The van der Waals surface area contributed by atoms with Gasteiger partial charge in [-0.05, 0) is 25.0 Å². The molecule has 2 aromatic rings. The van der Waals surface area contributed by atoms with Crippen LogP contribution in [0.2, 0.25) is 0 Å². The van der Waals surface area contributed by atoms with Gasteiger partial charge < -0.3 is 9.47 Å². The van der Waals surface area contributed by atoms with Crippen molar-refractivity contribution in [3.8, 4) is 22.9 Å². The van der Waals surface area contributed by atoms with Crippen molar-refractivity contribution in [3.05, 3.63) is 36.7 Å². The molecule has 0 fully saturated rings. The van der Waals surface area contributed by atoms with Gasteiger partial charge in [-0.3, -0.25) is 9.97 Å². The molecule has 0 N–H and O–H groups in total. The van der Waals surface area contributed by atoms with Gasteiger partial charge in [0.1, 0.15) is 11.5 Å². The molecule has 0 atom stereocenters. The van der Waals surface area contributed by atoms with Crippen molar-refractivity contribution in [1.82, 2.24) is 9.97 Å². The van der Waals surface area contributed by atoms with E-state index >= 15 is 0 Å². The van der Waals surface area contributed by atoms with Crippen molar-refractivity contribution >= 4 is 0 Å². The Morgan fingerprint density at radius 3 is 1.64 bits per heavy atom. The Bertz CT molecular complexity index is 521. The maximum Gasteiger partial charge on any atom is 0.123 e. The number of hydrogen-bond donors (Lipinski definition) is 0. The number of nitrogens with zero attached hydrogens (tertiary/aromatic N) is 2. The van der Waals surface area contributed by atoms with Crippen LogP contribution in [0.1, 0.15) is 39.5 Å². The largest absolute Gasteiger partial charge is 0.493 e. The Morgan fingerprint density at radius 1 is 0.773 bits per heavy atom. The van der Waals surface area contributed by atoms with E-state index in [2.05, 4.69) is 23.8 Å². The third kappa shape index (κ3) is 5.02. The predicted molar refractivity (Wildman–Crippen MR) is 88.3 cm³/mol. The molecule has 4 nitrogen and oxygen atoms in total. The lowest BCUT2D eigenvalue weighted by molar-refractivity contribution is 0.308. The molecule has 2 rings (SSSR count). The molecule has 0 aliphatic heterocycles. The van der Waals surface area contributed by atoms with Crippen LogP contribution in [0.3, 0.4) is 0 Å². The Labute approximate surface area is 132 Å². The van der Waals surface area contributed by atoms with Crippen LogP contribution >= 0.6 is 0 Å². The molecule has 118 valence electrons. The molecular formula is C18H24N2O2. The molecule has 2 aromatic heterocycles. The van der Waals surface area contributed by atoms with E-state index in [1.807, 2.05) is 24.3 Å². The number of aromatic nitrogens is 2. The van der Waals surface area contributed by atoms with Crippen molar-refractivity contribution in [1.29, 1.82) is 0 Å². The number of pyridine rings is 2. The molecule has 0 spiro atoms. The Kier molecular flexibility index (Phi) is 6.68. The Balaban J connectivity index is 2.07. The first-order valence-corrected chi connectivity index (χ1v) is 8.01. The fraction of sp³-hybridized carbons (Fsp3) is 0.444. The summed E-state index contributed by atoms with van der Waals surface area (Å²) in [5.74, 6) is 1.66. The van der Waals surface area contributed by atoms with Gasteiger partial charge in [0.2, 0.25) is 0 Å². The van der Waals surface area contributed by atoms with Gasteiger partial charge in [-0.1, -0.05) is 26.7 Å². The van der Waals surface area contributed by atoms with Crippen molar-refractivity contribution in [2.24, 2.45) is 0 Å². The lowest BCUT2D eigenvalue weighted by Crippen LogP contribution is -1.98. The van der Waals surface area contributed by atoms with E-state index < -0.39 is 0 Å². The summed E-state index contributed by atoms with van der Waals surface area (Å²) in [6, 6.07) is 7.60. The second-order valence-electron chi connectivity index (χ2n) is 5.16. The predicted octanol–water partition coefficient (Wildman–Crippen LogP) is 4.50. The number of ether oxygens (including phenoxy) is 2. The highest BCUT2D eigenvalue weighted by atomic mass is 16.5. The van der Waals surface area contributed by atoms with E-state index in [0.29, 0.717) is 0 Å². The zero-order chi connectivity index (χ0) is 15.6. The van der Waals surface area contributed by atoms with Crippen molar-refractivity contribution < 1.29 is 9.47 Å². The topological polar surface area (TPSA) is 44.2 Å². The molecule has 0 amide bonds. The summed E-state index contributed by atoms with van der Waals surface area (Å²) < 4.78 is 11.4. The van der Waals surface area contributed by atoms with Crippen molar-refractivity contribution in [2.75, 3.05) is 13.2 Å². The highest BCUT2D eigenvalue weighted by molar-refractivity contribution is 5.57. The average molecular weight is 300 g/mol. The molecule has 0 radical (unpaired) electrons. The maximum atomic E-state index is 5.72. The summed E-state index contributed by atoms with van der Waals surface area (Å²) in [6.45, 7) is 5.76. The SMILES string of the molecule is CCCCOc1ccnc(-c2cc(OCCCC)ccn2)c1. The molecule has 2 heterocycles. The third-order valence-electron chi connectivity index (χ3n) is 3.26. The van der Waals surface area contributed by atoms with Gasteiger partial charge in [-0.2, -0.15) is 0 Å². The second kappa shape index (κ2) is 9.03. The average Bonchev–Trinajstić information content (AvgIpc) is 2.56. The van der Waals surface area contributed by atoms with E-state index in [1.54, 1.807) is 12.4 Å². The normalized spacial score (nSPS) is 10.5. The van der Waals surface area contributed by atoms with Crippen molar-refractivity contribution in [3.63, 3.8) is 0 Å². The van der Waals surface area contributed by atoms with E-state index in [0.717, 1.165) is 61.8 Å². The second-order valence-corrected chi connectivity index (χ2v) is 5.16. The first-order chi connectivity index (χ1) is 10.8. The minimum Gasteiger partial charge on any atom is -0.493 e. The number of rotatable bonds is 9. The monoisotopic (exact) mass is 300 g/mol. The van der Waals surface area contributed by atoms with Gasteiger partial charge in [-0.15, -0.1) is 0 Å². The van der Waals surface area contributed by atoms with E-state index in [1.165, 1.54) is 0 Å². The fourth-order valence-electron chi connectivity index (χ4n) is 1.95. The van der Waals surface area contributed by atoms with Crippen molar-refractivity contribution in [2.45, 2.75) is 39.5 Å². The number of hydrogen-bond acceptors (Lipinski definition) is 4. The first-order valence-electron chi connectivity index (χ1n) is 8.01. The summed E-state index contributed by atoms with van der Waals surface area (Å²) in [7, 11) is 0. The molecule has 0 aliphatic carbocycles. The van der Waals surface area contributed by atoms with Gasteiger partial charge in [0, 0.05) is 24.5 Å². The zero-order valence-corrected chi connectivity index (χ0v) is 13.4. The van der Waals surface area contributed by atoms with Crippen LogP contribution in [0.25, 0.3) is 11.4 Å². The standard InChI is InChI=1S/C18H24N2O2/c1-3-5-11-21-15-7-9-19-17(13-15)18-14-16(8-10-20-18)22-12-6-4-2/h7-10,13-14H,3-6,11-12H2,1-2H3. The van der Waals surface area contributed by atoms with Gasteiger partial charge in [0.25, 0.3) is 0 Å². The summed E-state index contributed by atoms with van der Waals surface area (Å²) >= 11 is 0. The number of unbranched alkanes of at least 4 members (excludes halogenated alkanes) is 2. The Hall–Kier alpha value is -2.10. The van der Waals surface area contributed by atoms with E-state index in [9.17, 15) is 0 Å². The molecule has 0 bridgehead atoms. The van der Waals surface area contributed by atoms with Gasteiger partial charge in [-0.25, -0.2) is 0 Å². The highest BCUT2D eigenvalue weighted by Gasteiger charge is 2.05. The molecular weight excluding hydrogens is 276 g/mol. The van der Waals surface area contributed by atoms with E-state index in [-0.39, 0.29) is 0 Å². The first kappa shape index (κ1) is 16.3. The van der Waals surface area contributed by atoms with Crippen LogP contribution in [0.5, 0.6) is 11.5 Å². The van der Waals surface area contributed by atoms with Crippen LogP contribution in [0.15, 0.2) is 36.7 Å². The Morgan fingerprint density at radius 2 is 1.23 bits per heavy atom. The molecule has 22 heavy (non-hydrogen) atoms. The highest BCUT2D eigenvalue weighted by Crippen LogP contribution is 2.23. The van der Waals surface area contributed by atoms with Gasteiger partial charge in [0.15, 0.2) is 0 Å². The minimum absolute atomic E-state index is 0.730. The van der Waals surface area contributed by atoms with Crippen LogP contribution in [0.4, 0.5) is 0 Å². The summed E-state index contributed by atoms with van der Waals surface area (Å²) in [5, 5.41) is 0. The fourth-order valence-corrected chi connectivity index (χ4v) is 1.95. The van der Waals surface area contributed by atoms with Crippen LogP contribution < -0.4 is 9.47 Å². The summed E-state index contributed by atoms with van der Waals surface area (Å²) in [6.07, 6.45) is 7.85. The van der Waals surface area contributed by atoms with Crippen LogP contribution in [0, 0.1) is 0 Å². The van der Waals surface area contributed by atoms with E-state index in [4.69, 9.17) is 9.47 Å². The molecule has 0 aliphatic rings. The maximum absolute atomic E-state index is 5.72. The molecule has 0 aromatic carbocycles. The van der Waals surface area contributed by atoms with Gasteiger partial charge in [0.05, 0.1) is 24.6 Å². The smallest absolute Gasteiger partial charge is 0.123 e. The van der Waals surface area contributed by atoms with Gasteiger partial charge >= 0.3 is 0 Å². The third-order valence-corrected chi connectivity index (χ3v) is 3.26. The molecule has 0 saturated carbocycles. The minimum atomic E-state index is 0.730. The molecule has 4 heteroatoms. The quantitative estimate of drug-likeness (QED) is 0.639.